The van der Waals surface area contributed by atoms with Gasteiger partial charge in [-0.2, -0.15) is 0 Å². The zero-order valence-corrected chi connectivity index (χ0v) is 8.98. The molecule has 0 spiro atoms. The summed E-state index contributed by atoms with van der Waals surface area (Å²) in [5.41, 5.74) is 0. The molecule has 66 valence electrons. The number of hydrogen-bond acceptors (Lipinski definition) is 1. The Hall–Kier alpha value is -0.540. The van der Waals surface area contributed by atoms with Crippen LogP contribution in [0.1, 0.15) is 0 Å². The molecule has 0 radical (unpaired) electrons. The van der Waals surface area contributed by atoms with Gasteiger partial charge in [0.1, 0.15) is 4.32 Å². The second kappa shape index (κ2) is 7.13. The Morgan fingerprint density at radius 2 is 1.17 bits per heavy atom. The van der Waals surface area contributed by atoms with Crippen LogP contribution in [0.15, 0.2) is 36.4 Å². The topological polar surface area (TPSA) is 3.24 Å². The molecule has 1 rings (SSSR count). The van der Waals surface area contributed by atoms with Crippen LogP contribution in [0.25, 0.3) is 0 Å². The van der Waals surface area contributed by atoms with Crippen LogP contribution in [0.2, 0.25) is 0 Å². The van der Waals surface area contributed by atoms with E-state index in [0.717, 1.165) is 0 Å². The Labute approximate surface area is 84.8 Å². The smallest absolute Gasteiger partial charge is 0.132 e. The second-order valence-electron chi connectivity index (χ2n) is 2.33. The molecule has 0 fully saturated rings. The summed E-state index contributed by atoms with van der Waals surface area (Å²) in [5, 5.41) is 0. The summed E-state index contributed by atoms with van der Waals surface area (Å²) in [6, 6.07) is 12.0. The zero-order chi connectivity index (χ0) is 9.40. The van der Waals surface area contributed by atoms with Crippen LogP contribution < -0.4 is 0 Å². The van der Waals surface area contributed by atoms with E-state index in [0.29, 0.717) is 4.32 Å². The summed E-state index contributed by atoms with van der Waals surface area (Å²) in [6.07, 6.45) is 0. The lowest BCUT2D eigenvalue weighted by Crippen LogP contribution is -2.12. The average molecular weight is 199 g/mol. The molecular formula is C9H13NS2. The first-order chi connectivity index (χ1) is 5.64. The van der Waals surface area contributed by atoms with Gasteiger partial charge < -0.3 is 4.90 Å². The van der Waals surface area contributed by atoms with Gasteiger partial charge in [-0.15, -0.1) is 12.6 Å². The van der Waals surface area contributed by atoms with Gasteiger partial charge in [0.05, 0.1) is 0 Å². The predicted molar refractivity (Wildman–Crippen MR) is 61.7 cm³/mol. The van der Waals surface area contributed by atoms with E-state index in [-0.39, 0.29) is 0 Å². The maximum atomic E-state index is 4.61. The minimum absolute atomic E-state index is 0.620. The first kappa shape index (κ1) is 11.5. The SMILES string of the molecule is CN(C)C(=S)S.c1ccccc1. The van der Waals surface area contributed by atoms with E-state index in [2.05, 4.69) is 24.8 Å². The van der Waals surface area contributed by atoms with Crippen molar-refractivity contribution >= 4 is 29.2 Å². The molecule has 0 unspecified atom stereocenters. The third-order valence-corrected chi connectivity index (χ3v) is 1.81. The van der Waals surface area contributed by atoms with Crippen molar-refractivity contribution in [3.05, 3.63) is 36.4 Å². The van der Waals surface area contributed by atoms with Crippen LogP contribution in [0.5, 0.6) is 0 Å². The Balaban J connectivity index is 0.000000202. The van der Waals surface area contributed by atoms with Crippen molar-refractivity contribution < 1.29 is 0 Å². The summed E-state index contributed by atoms with van der Waals surface area (Å²) < 4.78 is 0.620. The number of rotatable bonds is 0. The third-order valence-electron chi connectivity index (χ3n) is 1.05. The van der Waals surface area contributed by atoms with Gasteiger partial charge in [0.15, 0.2) is 0 Å². The lowest BCUT2D eigenvalue weighted by atomic mass is 10.4. The van der Waals surface area contributed by atoms with Crippen LogP contribution in [0.4, 0.5) is 0 Å². The molecule has 1 aromatic rings. The summed E-state index contributed by atoms with van der Waals surface area (Å²) in [6.45, 7) is 0. The Morgan fingerprint density at radius 1 is 1.00 bits per heavy atom. The molecule has 0 N–H and O–H groups in total. The largest absolute Gasteiger partial charge is 0.364 e. The van der Waals surface area contributed by atoms with Gasteiger partial charge in [-0.3, -0.25) is 0 Å². The molecule has 0 aliphatic heterocycles. The van der Waals surface area contributed by atoms with Crippen LogP contribution in [-0.4, -0.2) is 23.3 Å². The molecule has 1 nitrogen and oxygen atoms in total. The molecule has 0 saturated heterocycles. The predicted octanol–water partition coefficient (Wildman–Crippen LogP) is 2.45. The average Bonchev–Trinajstić information content (AvgIpc) is 2.08. The molecule has 0 heterocycles. The van der Waals surface area contributed by atoms with Gasteiger partial charge >= 0.3 is 0 Å². The van der Waals surface area contributed by atoms with Crippen molar-refractivity contribution in [3.63, 3.8) is 0 Å². The Bertz CT molecular complexity index is 182. The highest BCUT2D eigenvalue weighted by molar-refractivity contribution is 8.10. The second-order valence-corrected chi connectivity index (χ2v) is 3.44. The first-order valence-electron chi connectivity index (χ1n) is 3.55. The number of nitrogens with zero attached hydrogens (tertiary/aromatic N) is 1. The fraction of sp³-hybridized carbons (Fsp3) is 0.222. The van der Waals surface area contributed by atoms with Crippen molar-refractivity contribution in [1.29, 1.82) is 0 Å². The lowest BCUT2D eigenvalue weighted by Gasteiger charge is -2.05. The van der Waals surface area contributed by atoms with Crippen LogP contribution in [-0.2, 0) is 0 Å². The highest BCUT2D eigenvalue weighted by Gasteiger charge is 1.83. The molecule has 0 amide bonds. The summed E-state index contributed by atoms with van der Waals surface area (Å²) in [5.74, 6) is 0. The maximum Gasteiger partial charge on any atom is 0.132 e. The van der Waals surface area contributed by atoms with Gasteiger partial charge in [0, 0.05) is 14.1 Å². The molecule has 0 aliphatic rings. The van der Waals surface area contributed by atoms with Crippen molar-refractivity contribution in [2.24, 2.45) is 0 Å². The molecule has 0 atom stereocenters. The molecule has 0 aromatic heterocycles. The maximum absolute atomic E-state index is 4.61. The van der Waals surface area contributed by atoms with E-state index in [4.69, 9.17) is 0 Å². The molecule has 0 aliphatic carbocycles. The van der Waals surface area contributed by atoms with E-state index in [1.165, 1.54) is 0 Å². The van der Waals surface area contributed by atoms with Crippen molar-refractivity contribution in [2.75, 3.05) is 14.1 Å². The minimum atomic E-state index is 0.620. The fourth-order valence-electron chi connectivity index (χ4n) is 0.385. The van der Waals surface area contributed by atoms with Crippen LogP contribution >= 0.6 is 24.8 Å². The van der Waals surface area contributed by atoms with E-state index in [1.54, 1.807) is 4.90 Å². The van der Waals surface area contributed by atoms with Gasteiger partial charge in [0.25, 0.3) is 0 Å². The number of thiol groups is 1. The number of thiocarbonyl (C=S) groups is 1. The van der Waals surface area contributed by atoms with Crippen molar-refractivity contribution in [3.8, 4) is 0 Å². The van der Waals surface area contributed by atoms with Gasteiger partial charge in [-0.05, 0) is 0 Å². The highest BCUT2D eigenvalue weighted by atomic mass is 32.1. The monoisotopic (exact) mass is 199 g/mol. The van der Waals surface area contributed by atoms with E-state index in [9.17, 15) is 0 Å². The summed E-state index contributed by atoms with van der Waals surface area (Å²) in [7, 11) is 3.71. The van der Waals surface area contributed by atoms with Gasteiger partial charge in [-0.1, -0.05) is 48.6 Å². The Kier molecular flexibility index (Phi) is 6.81. The first-order valence-corrected chi connectivity index (χ1v) is 4.40. The normalized spacial score (nSPS) is 7.92. The third kappa shape index (κ3) is 7.57. The highest BCUT2D eigenvalue weighted by Crippen LogP contribution is 1.84. The van der Waals surface area contributed by atoms with Crippen molar-refractivity contribution in [1.82, 2.24) is 4.90 Å². The lowest BCUT2D eigenvalue weighted by molar-refractivity contribution is 0.648. The quantitative estimate of drug-likeness (QED) is 0.505. The minimum Gasteiger partial charge on any atom is -0.364 e. The van der Waals surface area contributed by atoms with E-state index < -0.39 is 0 Å². The summed E-state index contributed by atoms with van der Waals surface area (Å²) in [4.78, 5) is 1.76. The number of benzene rings is 1. The molecule has 0 bridgehead atoms. The van der Waals surface area contributed by atoms with Gasteiger partial charge in [0.2, 0.25) is 0 Å². The molecule has 12 heavy (non-hydrogen) atoms. The zero-order valence-electron chi connectivity index (χ0n) is 7.27. The Morgan fingerprint density at radius 3 is 1.25 bits per heavy atom. The standard InChI is InChI=1S/C6H6.C3H7NS2/c1-2-4-6-5-3-1;1-4(2)3(5)6/h1-6H;1-2H3,(H,5,6). The van der Waals surface area contributed by atoms with E-state index in [1.807, 2.05) is 50.5 Å². The number of hydrogen-bond donors (Lipinski definition) is 1. The van der Waals surface area contributed by atoms with Crippen LogP contribution in [0, 0.1) is 0 Å². The van der Waals surface area contributed by atoms with E-state index >= 15 is 0 Å². The van der Waals surface area contributed by atoms with Gasteiger partial charge in [-0.25, -0.2) is 0 Å². The molecular weight excluding hydrogens is 186 g/mol. The van der Waals surface area contributed by atoms with Crippen molar-refractivity contribution in [2.45, 2.75) is 0 Å². The molecule has 1 aromatic carbocycles. The fourth-order valence-corrected chi connectivity index (χ4v) is 0.385. The molecule has 0 saturated carbocycles. The molecule has 3 heteroatoms. The van der Waals surface area contributed by atoms with Crippen LogP contribution in [0.3, 0.4) is 0 Å². The summed E-state index contributed by atoms with van der Waals surface area (Å²) >= 11 is 8.46.